The maximum absolute atomic E-state index is 12.5. The average Bonchev–Trinajstić information content (AvgIpc) is 3.23. The lowest BCUT2D eigenvalue weighted by Gasteiger charge is -2.50. The van der Waals surface area contributed by atoms with E-state index in [-0.39, 0.29) is 0 Å². The molecule has 6 heteroatoms. The molecule has 4 rings (SSSR count). The van der Waals surface area contributed by atoms with Crippen molar-refractivity contribution >= 4 is 5.91 Å². The van der Waals surface area contributed by atoms with Crippen LogP contribution in [0.15, 0.2) is 12.5 Å². The monoisotopic (exact) mass is 387 g/mol. The first kappa shape index (κ1) is 19.9. The third-order valence-corrected chi connectivity index (χ3v) is 7.56. The number of likely N-dealkylation sites (tertiary alicyclic amines) is 3. The zero-order chi connectivity index (χ0) is 19.6. The second-order valence-corrected chi connectivity index (χ2v) is 9.54. The minimum absolute atomic E-state index is 0.341. The average molecular weight is 388 g/mol. The van der Waals surface area contributed by atoms with E-state index in [1.54, 1.807) is 6.33 Å². The molecule has 0 bridgehead atoms. The van der Waals surface area contributed by atoms with Crippen molar-refractivity contribution in [2.24, 2.45) is 5.41 Å². The topological polar surface area (TPSA) is 55.5 Å². The summed E-state index contributed by atoms with van der Waals surface area (Å²) >= 11 is 0. The number of hydrogen-bond donors (Lipinski definition) is 1. The van der Waals surface area contributed by atoms with Gasteiger partial charge in [-0.2, -0.15) is 0 Å². The molecule has 4 heterocycles. The Morgan fingerprint density at radius 2 is 1.93 bits per heavy atom. The molecule has 3 saturated heterocycles. The number of aromatic amines is 1. The molecule has 1 aromatic rings. The highest BCUT2D eigenvalue weighted by Gasteiger charge is 2.42. The number of H-pyrrole nitrogens is 1. The molecule has 0 atom stereocenters. The van der Waals surface area contributed by atoms with Gasteiger partial charge in [0.25, 0.3) is 0 Å². The van der Waals surface area contributed by atoms with Crippen molar-refractivity contribution in [3.63, 3.8) is 0 Å². The fraction of sp³-hybridized carbons (Fsp3) is 0.818. The Morgan fingerprint density at radius 1 is 1.18 bits per heavy atom. The third-order valence-electron chi connectivity index (χ3n) is 7.56. The van der Waals surface area contributed by atoms with Gasteiger partial charge in [0.2, 0.25) is 5.91 Å². The number of carbonyl (C=O) groups excluding carboxylic acids is 1. The number of hydrogen-bond acceptors (Lipinski definition) is 4. The first-order chi connectivity index (χ1) is 13.5. The van der Waals surface area contributed by atoms with E-state index in [0.29, 0.717) is 17.4 Å². The molecule has 1 N–H and O–H groups in total. The fourth-order valence-corrected chi connectivity index (χ4v) is 5.52. The number of piperidine rings is 3. The second-order valence-electron chi connectivity index (χ2n) is 9.54. The first-order valence-electron chi connectivity index (χ1n) is 11.3. The van der Waals surface area contributed by atoms with Crippen molar-refractivity contribution in [1.82, 2.24) is 24.7 Å². The van der Waals surface area contributed by atoms with Crippen molar-refractivity contribution in [3.05, 3.63) is 18.2 Å². The van der Waals surface area contributed by atoms with Gasteiger partial charge in [-0.3, -0.25) is 4.79 Å². The Hall–Kier alpha value is -1.40. The van der Waals surface area contributed by atoms with Crippen LogP contribution in [0.3, 0.4) is 0 Å². The minimum atomic E-state index is 0.341. The molecule has 0 radical (unpaired) electrons. The Balaban J connectivity index is 1.27. The lowest BCUT2D eigenvalue weighted by molar-refractivity contribution is -0.139. The molecular weight excluding hydrogens is 350 g/mol. The summed E-state index contributed by atoms with van der Waals surface area (Å²) in [5, 5.41) is 0. The molecule has 0 unspecified atom stereocenters. The van der Waals surface area contributed by atoms with E-state index in [4.69, 9.17) is 0 Å². The van der Waals surface area contributed by atoms with E-state index in [9.17, 15) is 4.79 Å². The van der Waals surface area contributed by atoms with Crippen LogP contribution >= 0.6 is 0 Å². The maximum atomic E-state index is 12.5. The standard InChI is InChI=1S/C22H37N5O/c1-18(2)25-11-5-20(6-12-25)26-13-8-22(9-14-26)7-3-21(28)27(16-22)10-4-19-15-23-17-24-19/h15,17-18,20H,3-14,16H2,1-2H3,(H,23,24). The van der Waals surface area contributed by atoms with Gasteiger partial charge >= 0.3 is 0 Å². The Kier molecular flexibility index (Phi) is 6.07. The number of imidazole rings is 1. The van der Waals surface area contributed by atoms with Crippen molar-refractivity contribution in [2.45, 2.75) is 70.9 Å². The summed E-state index contributed by atoms with van der Waals surface area (Å²) < 4.78 is 0. The molecule has 6 nitrogen and oxygen atoms in total. The van der Waals surface area contributed by atoms with Crippen molar-refractivity contribution in [1.29, 1.82) is 0 Å². The highest BCUT2D eigenvalue weighted by molar-refractivity contribution is 5.77. The fourth-order valence-electron chi connectivity index (χ4n) is 5.52. The zero-order valence-electron chi connectivity index (χ0n) is 17.7. The normalized spacial score (nSPS) is 25.1. The predicted molar refractivity (Wildman–Crippen MR) is 111 cm³/mol. The van der Waals surface area contributed by atoms with Gasteiger partial charge in [-0.15, -0.1) is 0 Å². The molecule has 0 saturated carbocycles. The first-order valence-corrected chi connectivity index (χ1v) is 11.3. The highest BCUT2D eigenvalue weighted by Crippen LogP contribution is 2.41. The van der Waals surface area contributed by atoms with Crippen molar-refractivity contribution in [3.8, 4) is 0 Å². The Labute approximate surface area is 169 Å². The summed E-state index contributed by atoms with van der Waals surface area (Å²) in [6.07, 6.45) is 11.4. The maximum Gasteiger partial charge on any atom is 0.222 e. The van der Waals surface area contributed by atoms with Crippen LogP contribution in [0, 0.1) is 5.41 Å². The molecular formula is C22H37N5O. The molecule has 1 aromatic heterocycles. The molecule has 1 amide bonds. The van der Waals surface area contributed by atoms with Crippen molar-refractivity contribution in [2.75, 3.05) is 39.3 Å². The van der Waals surface area contributed by atoms with Crippen LogP contribution in [-0.2, 0) is 11.2 Å². The van der Waals surface area contributed by atoms with Crippen LogP contribution in [0.4, 0.5) is 0 Å². The third kappa shape index (κ3) is 4.43. The van der Waals surface area contributed by atoms with Gasteiger partial charge < -0.3 is 19.7 Å². The molecule has 0 aliphatic carbocycles. The van der Waals surface area contributed by atoms with E-state index in [2.05, 4.69) is 38.5 Å². The number of nitrogens with one attached hydrogen (secondary N) is 1. The van der Waals surface area contributed by atoms with Gasteiger partial charge in [-0.05, 0) is 77.5 Å². The number of rotatable bonds is 5. The van der Waals surface area contributed by atoms with E-state index in [1.807, 2.05) is 6.20 Å². The summed E-state index contributed by atoms with van der Waals surface area (Å²) in [6.45, 7) is 11.3. The van der Waals surface area contributed by atoms with Gasteiger partial charge in [-0.1, -0.05) is 0 Å². The minimum Gasteiger partial charge on any atom is -0.348 e. The molecule has 156 valence electrons. The van der Waals surface area contributed by atoms with Gasteiger partial charge in [0, 0.05) is 49.9 Å². The predicted octanol–water partition coefficient (Wildman–Crippen LogP) is 2.53. The Bertz CT molecular complexity index is 627. The van der Waals surface area contributed by atoms with Crippen LogP contribution < -0.4 is 0 Å². The largest absolute Gasteiger partial charge is 0.348 e. The SMILES string of the molecule is CC(C)N1CCC(N2CCC3(CCC(=O)N(CCc4cnc[nH]4)C3)CC2)CC1. The molecule has 1 spiro atoms. The number of nitrogens with zero attached hydrogens (tertiary/aromatic N) is 4. The van der Waals surface area contributed by atoms with Gasteiger partial charge in [0.1, 0.15) is 0 Å². The summed E-state index contributed by atoms with van der Waals surface area (Å²) in [6, 6.07) is 1.45. The van der Waals surface area contributed by atoms with Crippen molar-refractivity contribution < 1.29 is 4.79 Å². The van der Waals surface area contributed by atoms with Crippen LogP contribution in [-0.4, -0.2) is 81.9 Å². The van der Waals surface area contributed by atoms with Gasteiger partial charge in [0.15, 0.2) is 0 Å². The molecule has 3 fully saturated rings. The van der Waals surface area contributed by atoms with Crippen LogP contribution in [0.2, 0.25) is 0 Å². The van der Waals surface area contributed by atoms with E-state index in [0.717, 1.165) is 44.1 Å². The second kappa shape index (κ2) is 8.54. The van der Waals surface area contributed by atoms with E-state index in [1.165, 1.54) is 51.9 Å². The van der Waals surface area contributed by atoms with Crippen LogP contribution in [0.5, 0.6) is 0 Å². The molecule has 28 heavy (non-hydrogen) atoms. The lowest BCUT2D eigenvalue weighted by atomic mass is 9.72. The summed E-state index contributed by atoms with van der Waals surface area (Å²) in [7, 11) is 0. The Morgan fingerprint density at radius 3 is 2.57 bits per heavy atom. The highest BCUT2D eigenvalue weighted by atomic mass is 16.2. The van der Waals surface area contributed by atoms with E-state index < -0.39 is 0 Å². The summed E-state index contributed by atoms with van der Waals surface area (Å²) in [4.78, 5) is 27.2. The van der Waals surface area contributed by atoms with E-state index >= 15 is 0 Å². The molecule has 3 aliphatic rings. The number of carbonyl (C=O) groups is 1. The molecule has 0 aromatic carbocycles. The van der Waals surface area contributed by atoms with Crippen LogP contribution in [0.25, 0.3) is 0 Å². The summed E-state index contributed by atoms with van der Waals surface area (Å²) in [5.74, 6) is 0.341. The zero-order valence-corrected chi connectivity index (χ0v) is 17.7. The van der Waals surface area contributed by atoms with Gasteiger partial charge in [0.05, 0.1) is 6.33 Å². The lowest BCUT2D eigenvalue weighted by Crippen LogP contribution is -2.55. The molecule has 3 aliphatic heterocycles. The van der Waals surface area contributed by atoms with Gasteiger partial charge in [-0.25, -0.2) is 4.98 Å². The van der Waals surface area contributed by atoms with Crippen LogP contribution in [0.1, 0.15) is 58.1 Å². The smallest absolute Gasteiger partial charge is 0.222 e. The summed E-state index contributed by atoms with van der Waals surface area (Å²) in [5.41, 5.74) is 1.48. The number of amides is 1. The number of aromatic nitrogens is 2. The quantitative estimate of drug-likeness (QED) is 0.844.